The monoisotopic (exact) mass is 347 g/mol. The van der Waals surface area contributed by atoms with E-state index < -0.39 is 21.3 Å². The van der Waals surface area contributed by atoms with Gasteiger partial charge in [-0.1, -0.05) is 29.7 Å². The van der Waals surface area contributed by atoms with E-state index in [2.05, 4.69) is 0 Å². The molecule has 1 aromatic rings. The summed E-state index contributed by atoms with van der Waals surface area (Å²) in [6.45, 7) is 4.14. The van der Waals surface area contributed by atoms with Crippen LogP contribution in [0.1, 0.15) is 12.5 Å². The molecule has 0 aliphatic rings. The minimum absolute atomic E-state index is 0.118. The van der Waals surface area contributed by atoms with Crippen LogP contribution < -0.4 is 0 Å². The van der Waals surface area contributed by atoms with E-state index in [4.69, 9.17) is 44.5 Å². The van der Waals surface area contributed by atoms with Gasteiger partial charge >= 0.3 is 0 Å². The van der Waals surface area contributed by atoms with Gasteiger partial charge in [-0.2, -0.15) is 0 Å². The number of rotatable bonds is 9. The van der Waals surface area contributed by atoms with Gasteiger partial charge in [0, 0.05) is 10.0 Å². The van der Waals surface area contributed by atoms with Crippen LogP contribution in [0.25, 0.3) is 0 Å². The van der Waals surface area contributed by atoms with Gasteiger partial charge in [-0.15, -0.1) is 0 Å². The lowest BCUT2D eigenvalue weighted by atomic mass is 10.2. The second-order valence-electron chi connectivity index (χ2n) is 4.57. The third kappa shape index (κ3) is 8.83. The van der Waals surface area contributed by atoms with Crippen LogP contribution in [0.3, 0.4) is 0 Å². The molecule has 1 N–H and O–H groups in total. The zero-order chi connectivity index (χ0) is 15.8. The quantitative estimate of drug-likeness (QED) is 0.551. The van der Waals surface area contributed by atoms with E-state index in [-0.39, 0.29) is 13.2 Å². The minimum atomic E-state index is -1.29. The molecule has 8 heteroatoms. The molecule has 0 saturated heterocycles. The van der Waals surface area contributed by atoms with Crippen molar-refractivity contribution in [1.82, 2.24) is 0 Å². The summed E-state index contributed by atoms with van der Waals surface area (Å²) in [6, 6.07) is 5.20. The molecule has 1 rings (SSSR count). The zero-order valence-corrected chi connectivity index (χ0v) is 14.5. The molecular weight excluding hydrogens is 330 g/mol. The van der Waals surface area contributed by atoms with Gasteiger partial charge in [-0.3, -0.25) is 0 Å². The summed E-state index contributed by atoms with van der Waals surface area (Å²) >= 11 is 11.8. The molecule has 4 nitrogen and oxygen atoms in total. The summed E-state index contributed by atoms with van der Waals surface area (Å²) < 4.78 is 16.0. The maximum Gasteiger partial charge on any atom is 0.155 e. The average molecular weight is 348 g/mol. The van der Waals surface area contributed by atoms with Crippen LogP contribution in [0.2, 0.25) is 16.6 Å². The molecular formula is C13H18BCl2O4Si. The molecule has 21 heavy (non-hydrogen) atoms. The van der Waals surface area contributed by atoms with Crippen LogP contribution in [0.4, 0.5) is 0 Å². The first kappa shape index (κ1) is 19.0. The maximum absolute atomic E-state index is 9.63. The van der Waals surface area contributed by atoms with Gasteiger partial charge in [0.15, 0.2) is 15.2 Å². The Labute approximate surface area is 138 Å². The molecule has 0 saturated carbocycles. The second kappa shape index (κ2) is 9.84. The Kier molecular flexibility index (Phi) is 8.89. The average Bonchev–Trinajstić information content (AvgIpc) is 2.39. The highest BCUT2D eigenvalue weighted by Gasteiger charge is 2.10. The lowest BCUT2D eigenvalue weighted by molar-refractivity contribution is -0.155. The van der Waals surface area contributed by atoms with Crippen molar-refractivity contribution in [3.63, 3.8) is 0 Å². The Bertz CT molecular complexity index is 416. The first-order valence-corrected chi connectivity index (χ1v) is 9.19. The highest BCUT2D eigenvalue weighted by atomic mass is 35.5. The molecule has 2 unspecified atom stereocenters. The fraction of sp³-hybridized carbons (Fsp3) is 0.538. The highest BCUT2D eigenvalue weighted by molar-refractivity contribution is 6.98. The third-order valence-corrected chi connectivity index (χ3v) is 3.49. The third-order valence-electron chi connectivity index (χ3n) is 2.43. The van der Waals surface area contributed by atoms with Crippen LogP contribution >= 0.6 is 23.2 Å². The predicted molar refractivity (Wildman–Crippen MR) is 86.0 cm³/mol. The van der Waals surface area contributed by atoms with Crippen LogP contribution in [0, 0.1) is 0 Å². The Morgan fingerprint density at radius 1 is 1.19 bits per heavy atom. The highest BCUT2D eigenvalue weighted by Crippen LogP contribution is 2.19. The van der Waals surface area contributed by atoms with Crippen LogP contribution in [-0.2, 0) is 20.5 Å². The number of aliphatic hydroxyl groups is 1. The number of halogens is 2. The zero-order valence-electron chi connectivity index (χ0n) is 12.0. The largest absolute Gasteiger partial charge is 0.424 e. The summed E-state index contributed by atoms with van der Waals surface area (Å²) in [4.78, 5) is 0. The van der Waals surface area contributed by atoms with Crippen molar-refractivity contribution in [2.45, 2.75) is 32.5 Å². The predicted octanol–water partition coefficient (Wildman–Crippen LogP) is 2.54. The number of hydrogen-bond acceptors (Lipinski definition) is 4. The fourth-order valence-corrected chi connectivity index (χ4v) is 2.50. The smallest absolute Gasteiger partial charge is 0.155 e. The number of ether oxygens (including phenoxy) is 2. The number of hydrogen-bond donors (Lipinski definition) is 1. The molecule has 0 heterocycles. The van der Waals surface area contributed by atoms with Gasteiger partial charge in [0.25, 0.3) is 0 Å². The molecule has 115 valence electrons. The van der Waals surface area contributed by atoms with E-state index in [0.29, 0.717) is 16.7 Å². The van der Waals surface area contributed by atoms with Crippen molar-refractivity contribution >= 4 is 39.6 Å². The maximum atomic E-state index is 9.63. The lowest BCUT2D eigenvalue weighted by Gasteiger charge is -2.18. The molecule has 0 spiro atoms. The van der Waals surface area contributed by atoms with Crippen molar-refractivity contribution < 1.29 is 19.0 Å². The standard InChI is InChI=1S/C13H18BCl2O4Si/c1-9(19-7-13(17)8-20-21(2)14)18-6-10-3-11(15)5-12(16)4-10/h3-5,9,13,17H,6-8H2,1-2H3. The van der Waals surface area contributed by atoms with Crippen LogP contribution in [0.15, 0.2) is 18.2 Å². The summed E-state index contributed by atoms with van der Waals surface area (Å²) in [7, 11) is 4.22. The second-order valence-corrected chi connectivity index (χ2v) is 6.95. The van der Waals surface area contributed by atoms with Crippen molar-refractivity contribution in [2.24, 2.45) is 0 Å². The molecule has 2 atom stereocenters. The van der Waals surface area contributed by atoms with Gasteiger partial charge in [-0.25, -0.2) is 0 Å². The molecule has 0 aliphatic heterocycles. The molecule has 0 aliphatic carbocycles. The normalized spacial score (nSPS) is 14.4. The van der Waals surface area contributed by atoms with E-state index >= 15 is 0 Å². The van der Waals surface area contributed by atoms with Gasteiger partial charge in [0.1, 0.15) is 0 Å². The molecule has 3 radical (unpaired) electrons. The fourth-order valence-electron chi connectivity index (χ4n) is 1.48. The van der Waals surface area contributed by atoms with Crippen molar-refractivity contribution in [3.8, 4) is 0 Å². The Balaban J connectivity index is 2.26. The van der Waals surface area contributed by atoms with E-state index in [1.165, 1.54) is 0 Å². The van der Waals surface area contributed by atoms with Gasteiger partial charge in [-0.05, 0) is 30.7 Å². The first-order valence-electron chi connectivity index (χ1n) is 6.45. The number of benzene rings is 1. The summed E-state index contributed by atoms with van der Waals surface area (Å²) in [5.41, 5.74) is 0.855. The van der Waals surface area contributed by atoms with Gasteiger partial charge in [0.2, 0.25) is 0 Å². The SMILES string of the molecule is [B][Si](C)OCC(O)COC(C)OCc1cc(Cl)cc(Cl)c1. The Morgan fingerprint density at radius 2 is 1.81 bits per heavy atom. The number of aliphatic hydroxyl groups excluding tert-OH is 1. The van der Waals surface area contributed by atoms with Crippen molar-refractivity contribution in [2.75, 3.05) is 13.2 Å². The van der Waals surface area contributed by atoms with Crippen LogP contribution in [0.5, 0.6) is 0 Å². The summed E-state index contributed by atoms with van der Waals surface area (Å²) in [5.74, 6) is 0. The summed E-state index contributed by atoms with van der Waals surface area (Å²) in [5, 5.41) is 10.7. The van der Waals surface area contributed by atoms with E-state index in [1.807, 2.05) is 0 Å². The summed E-state index contributed by atoms with van der Waals surface area (Å²) in [6.07, 6.45) is -1.19. The molecule has 0 amide bonds. The Morgan fingerprint density at radius 3 is 2.38 bits per heavy atom. The van der Waals surface area contributed by atoms with E-state index in [9.17, 15) is 5.11 Å². The Hall–Kier alpha value is -0.0782. The van der Waals surface area contributed by atoms with E-state index in [1.54, 1.807) is 31.7 Å². The van der Waals surface area contributed by atoms with E-state index in [0.717, 1.165) is 5.56 Å². The molecule has 0 bridgehead atoms. The van der Waals surface area contributed by atoms with Gasteiger partial charge in [0.05, 0.1) is 33.4 Å². The van der Waals surface area contributed by atoms with Crippen molar-refractivity contribution in [1.29, 1.82) is 0 Å². The lowest BCUT2D eigenvalue weighted by Crippen LogP contribution is -2.28. The minimum Gasteiger partial charge on any atom is -0.424 e. The molecule has 0 fully saturated rings. The molecule has 0 aromatic heterocycles. The first-order chi connectivity index (χ1) is 9.86. The van der Waals surface area contributed by atoms with Crippen LogP contribution in [-0.4, -0.2) is 47.1 Å². The molecule has 1 aromatic carbocycles. The van der Waals surface area contributed by atoms with Gasteiger partial charge < -0.3 is 19.0 Å². The van der Waals surface area contributed by atoms with Crippen molar-refractivity contribution in [3.05, 3.63) is 33.8 Å². The topological polar surface area (TPSA) is 47.9 Å².